The minimum atomic E-state index is -3.94. The van der Waals surface area contributed by atoms with E-state index < -0.39 is 15.9 Å². The van der Waals surface area contributed by atoms with Crippen LogP contribution in [0.1, 0.15) is 5.56 Å². The number of hydrogen-bond acceptors (Lipinski definition) is 5. The Bertz CT molecular complexity index is 817. The van der Waals surface area contributed by atoms with Crippen molar-refractivity contribution in [2.24, 2.45) is 0 Å². The first-order valence-corrected chi connectivity index (χ1v) is 7.65. The molecule has 7 heteroatoms. The van der Waals surface area contributed by atoms with Crippen LogP contribution in [0, 0.1) is 0 Å². The number of ether oxygens (including phenoxy) is 1. The standard InChI is InChI=1S/C14H12N2O4S/c1-20-13-8-4-7-12(15-13)16-14(17)9-10-5-2-3-6-11(10)21(16,18)19/h2-8H,9H2,1H3. The molecule has 6 nitrogen and oxygen atoms in total. The van der Waals surface area contributed by atoms with Crippen LogP contribution in [-0.4, -0.2) is 26.4 Å². The second-order valence-electron chi connectivity index (χ2n) is 4.49. The SMILES string of the molecule is COc1cccc(N2C(=O)Cc3ccccc3S2(=O)=O)n1. The molecule has 0 unspecified atom stereocenters. The summed E-state index contributed by atoms with van der Waals surface area (Å²) >= 11 is 0. The largest absolute Gasteiger partial charge is 0.481 e. The van der Waals surface area contributed by atoms with E-state index in [-0.39, 0.29) is 23.0 Å². The Hall–Kier alpha value is -2.41. The molecule has 0 fully saturated rings. The van der Waals surface area contributed by atoms with Crippen LogP contribution in [0.15, 0.2) is 47.4 Å². The second kappa shape index (κ2) is 4.85. The van der Waals surface area contributed by atoms with Crippen molar-refractivity contribution in [2.75, 3.05) is 11.4 Å². The summed E-state index contributed by atoms with van der Waals surface area (Å²) < 4.78 is 31.0. The van der Waals surface area contributed by atoms with Crippen LogP contribution in [0.3, 0.4) is 0 Å². The summed E-state index contributed by atoms with van der Waals surface area (Å²) in [5.74, 6) is -0.252. The van der Waals surface area contributed by atoms with Gasteiger partial charge in [0.05, 0.1) is 18.4 Å². The molecule has 2 aromatic rings. The number of fused-ring (bicyclic) bond motifs is 1. The molecule has 3 rings (SSSR count). The lowest BCUT2D eigenvalue weighted by Crippen LogP contribution is -2.42. The molecular formula is C14H12N2O4S. The number of benzene rings is 1. The first-order chi connectivity index (χ1) is 10.0. The van der Waals surface area contributed by atoms with Gasteiger partial charge in [-0.05, 0) is 17.7 Å². The van der Waals surface area contributed by atoms with Crippen molar-refractivity contribution >= 4 is 21.7 Å². The van der Waals surface area contributed by atoms with Gasteiger partial charge in [-0.25, -0.2) is 8.42 Å². The Labute approximate surface area is 122 Å². The van der Waals surface area contributed by atoms with Gasteiger partial charge in [0.15, 0.2) is 5.82 Å². The highest BCUT2D eigenvalue weighted by atomic mass is 32.2. The summed E-state index contributed by atoms with van der Waals surface area (Å²) in [7, 11) is -2.52. The van der Waals surface area contributed by atoms with Crippen LogP contribution in [0.25, 0.3) is 0 Å². The molecule has 108 valence electrons. The maximum Gasteiger partial charge on any atom is 0.272 e. The molecule has 2 heterocycles. The van der Waals surface area contributed by atoms with Crippen molar-refractivity contribution < 1.29 is 17.9 Å². The fraction of sp³-hybridized carbons (Fsp3) is 0.143. The third kappa shape index (κ3) is 2.15. The number of rotatable bonds is 2. The lowest BCUT2D eigenvalue weighted by molar-refractivity contribution is -0.117. The molecule has 0 atom stereocenters. The number of anilines is 1. The fourth-order valence-electron chi connectivity index (χ4n) is 2.25. The molecule has 1 aliphatic heterocycles. The summed E-state index contributed by atoms with van der Waals surface area (Å²) in [5.41, 5.74) is 0.502. The smallest absolute Gasteiger partial charge is 0.272 e. The van der Waals surface area contributed by atoms with Crippen molar-refractivity contribution in [3.05, 3.63) is 48.0 Å². The van der Waals surface area contributed by atoms with Crippen LogP contribution in [0.2, 0.25) is 0 Å². The number of carbonyl (C=O) groups is 1. The van der Waals surface area contributed by atoms with Crippen LogP contribution < -0.4 is 9.04 Å². The molecule has 0 saturated carbocycles. The first-order valence-electron chi connectivity index (χ1n) is 6.21. The number of pyridine rings is 1. The van der Waals surface area contributed by atoms with Gasteiger partial charge in [-0.15, -0.1) is 0 Å². The Morgan fingerprint density at radius 3 is 2.67 bits per heavy atom. The molecule has 0 aliphatic carbocycles. The summed E-state index contributed by atoms with van der Waals surface area (Å²) in [5, 5.41) is 0. The molecule has 1 aromatic heterocycles. The van der Waals surface area contributed by atoms with Gasteiger partial charge in [0.25, 0.3) is 10.0 Å². The fourth-order valence-corrected chi connectivity index (χ4v) is 3.85. The van der Waals surface area contributed by atoms with E-state index in [2.05, 4.69) is 4.98 Å². The zero-order chi connectivity index (χ0) is 15.0. The number of sulfonamides is 1. The van der Waals surface area contributed by atoms with E-state index in [1.54, 1.807) is 30.3 Å². The molecule has 0 spiro atoms. The normalized spacial score (nSPS) is 16.4. The van der Waals surface area contributed by atoms with Crippen molar-refractivity contribution in [3.63, 3.8) is 0 Å². The number of carbonyl (C=O) groups excluding carboxylic acids is 1. The van der Waals surface area contributed by atoms with E-state index in [0.717, 1.165) is 4.31 Å². The third-order valence-corrected chi connectivity index (χ3v) is 5.01. The average Bonchev–Trinajstić information content (AvgIpc) is 2.47. The van der Waals surface area contributed by atoms with Gasteiger partial charge < -0.3 is 4.74 Å². The lowest BCUT2D eigenvalue weighted by atomic mass is 10.1. The van der Waals surface area contributed by atoms with Gasteiger partial charge in [-0.2, -0.15) is 9.29 Å². The Morgan fingerprint density at radius 1 is 1.14 bits per heavy atom. The maximum absolute atomic E-state index is 12.6. The monoisotopic (exact) mass is 304 g/mol. The minimum Gasteiger partial charge on any atom is -0.481 e. The van der Waals surface area contributed by atoms with Gasteiger partial charge in [0.1, 0.15) is 0 Å². The molecule has 1 aromatic carbocycles. The summed E-state index contributed by atoms with van der Waals surface area (Å²) in [4.78, 5) is 16.4. The third-order valence-electron chi connectivity index (χ3n) is 3.19. The highest BCUT2D eigenvalue weighted by Crippen LogP contribution is 2.31. The second-order valence-corrected chi connectivity index (χ2v) is 6.24. The molecule has 0 radical (unpaired) electrons. The highest BCUT2D eigenvalue weighted by molar-refractivity contribution is 7.93. The zero-order valence-corrected chi connectivity index (χ0v) is 12.0. The van der Waals surface area contributed by atoms with Crippen LogP contribution in [0.5, 0.6) is 5.88 Å². The number of hydrogen-bond donors (Lipinski definition) is 0. The van der Waals surface area contributed by atoms with E-state index in [9.17, 15) is 13.2 Å². The van der Waals surface area contributed by atoms with E-state index >= 15 is 0 Å². The molecule has 21 heavy (non-hydrogen) atoms. The number of nitrogens with zero attached hydrogens (tertiary/aromatic N) is 2. The zero-order valence-electron chi connectivity index (χ0n) is 11.2. The van der Waals surface area contributed by atoms with E-state index in [4.69, 9.17) is 4.74 Å². The number of amides is 1. The summed E-state index contributed by atoms with van der Waals surface area (Å²) in [6.45, 7) is 0. The lowest BCUT2D eigenvalue weighted by Gasteiger charge is -2.27. The number of aromatic nitrogens is 1. The maximum atomic E-state index is 12.6. The molecule has 1 aliphatic rings. The van der Waals surface area contributed by atoms with Gasteiger partial charge >= 0.3 is 0 Å². The van der Waals surface area contributed by atoms with Crippen molar-refractivity contribution in [1.29, 1.82) is 0 Å². The van der Waals surface area contributed by atoms with Gasteiger partial charge in [0, 0.05) is 6.07 Å². The molecule has 1 amide bonds. The van der Waals surface area contributed by atoms with Crippen molar-refractivity contribution in [2.45, 2.75) is 11.3 Å². The Morgan fingerprint density at radius 2 is 1.90 bits per heavy atom. The molecular weight excluding hydrogens is 292 g/mol. The summed E-state index contributed by atoms with van der Waals surface area (Å²) in [6.07, 6.45) is 0.0221. The molecule has 0 N–H and O–H groups in total. The topological polar surface area (TPSA) is 76.6 Å². The molecule has 0 saturated heterocycles. The van der Waals surface area contributed by atoms with E-state index in [0.29, 0.717) is 5.56 Å². The highest BCUT2D eigenvalue weighted by Gasteiger charge is 2.38. The quantitative estimate of drug-likeness (QED) is 0.837. The predicted molar refractivity (Wildman–Crippen MR) is 75.6 cm³/mol. The van der Waals surface area contributed by atoms with Crippen LogP contribution in [-0.2, 0) is 21.2 Å². The molecule has 0 bridgehead atoms. The van der Waals surface area contributed by atoms with E-state index in [1.807, 2.05) is 0 Å². The van der Waals surface area contributed by atoms with Crippen LogP contribution in [0.4, 0.5) is 5.82 Å². The van der Waals surface area contributed by atoms with Crippen molar-refractivity contribution in [3.8, 4) is 5.88 Å². The summed E-state index contributed by atoms with van der Waals surface area (Å²) in [6, 6.07) is 11.1. The van der Waals surface area contributed by atoms with Gasteiger partial charge in [0.2, 0.25) is 11.8 Å². The van der Waals surface area contributed by atoms with Gasteiger partial charge in [-0.1, -0.05) is 24.3 Å². The number of methoxy groups -OCH3 is 1. The minimum absolute atomic E-state index is 0.0221. The van der Waals surface area contributed by atoms with Crippen molar-refractivity contribution in [1.82, 2.24) is 4.98 Å². The average molecular weight is 304 g/mol. The first kappa shape index (κ1) is 13.6. The van der Waals surface area contributed by atoms with Gasteiger partial charge in [-0.3, -0.25) is 4.79 Å². The predicted octanol–water partition coefficient (Wildman–Crippen LogP) is 1.37. The van der Waals surface area contributed by atoms with Crippen LogP contribution >= 0.6 is 0 Å². The Kier molecular flexibility index (Phi) is 3.13. The van der Waals surface area contributed by atoms with E-state index in [1.165, 1.54) is 19.2 Å². The Balaban J connectivity index is 2.17.